The molecule has 1 fully saturated rings. The highest BCUT2D eigenvalue weighted by Crippen LogP contribution is 2.33. The molecule has 0 atom stereocenters. The van der Waals surface area contributed by atoms with E-state index >= 15 is 0 Å². The van der Waals surface area contributed by atoms with E-state index in [4.69, 9.17) is 4.74 Å². The van der Waals surface area contributed by atoms with E-state index in [1.54, 1.807) is 0 Å². The van der Waals surface area contributed by atoms with Crippen LogP contribution in [0.3, 0.4) is 0 Å². The smallest absolute Gasteiger partial charge is 0.409 e. The molecule has 5 nitrogen and oxygen atoms in total. The van der Waals surface area contributed by atoms with Gasteiger partial charge >= 0.3 is 5.82 Å². The van der Waals surface area contributed by atoms with Gasteiger partial charge in [-0.25, -0.2) is 4.39 Å². The highest BCUT2D eigenvalue weighted by molar-refractivity contribution is 5.40. The largest absolute Gasteiger partial charge is 0.480 e. The van der Waals surface area contributed by atoms with Crippen LogP contribution in [0.4, 0.5) is 10.2 Å². The molecule has 0 spiro atoms. The van der Waals surface area contributed by atoms with E-state index < -0.39 is 16.6 Å². The van der Waals surface area contributed by atoms with Crippen molar-refractivity contribution in [3.63, 3.8) is 0 Å². The fraction of sp³-hybridized carbons (Fsp3) is 0.375. The van der Waals surface area contributed by atoms with Gasteiger partial charge in [0, 0.05) is 6.07 Å². The summed E-state index contributed by atoms with van der Waals surface area (Å²) in [6.45, 7) is 0. The maximum absolute atomic E-state index is 13.1. The maximum atomic E-state index is 13.1. The van der Waals surface area contributed by atoms with Gasteiger partial charge in [0.2, 0.25) is 0 Å². The Morgan fingerprint density at radius 2 is 2.36 bits per heavy atom. The summed E-state index contributed by atoms with van der Waals surface area (Å²) in [5.74, 6) is -1.64. The quantitative estimate of drug-likeness (QED) is 0.547. The van der Waals surface area contributed by atoms with Gasteiger partial charge in [-0.2, -0.15) is 0 Å². The second kappa shape index (κ2) is 3.21. The summed E-state index contributed by atoms with van der Waals surface area (Å²) in [6.07, 6.45) is 2.58. The van der Waals surface area contributed by atoms with Gasteiger partial charge in [0.1, 0.15) is 6.20 Å². The molecule has 0 amide bonds. The molecule has 0 radical (unpaired) electrons. The van der Waals surface area contributed by atoms with Crippen LogP contribution in [0, 0.1) is 15.9 Å². The molecule has 6 heteroatoms. The number of aromatic nitrogens is 1. The molecule has 74 valence electrons. The van der Waals surface area contributed by atoms with Gasteiger partial charge in [0.15, 0.2) is 5.82 Å². The number of halogens is 1. The number of hydrogen-bond acceptors (Lipinski definition) is 4. The molecule has 1 aromatic heterocycles. The monoisotopic (exact) mass is 198 g/mol. The Morgan fingerprint density at radius 3 is 2.93 bits per heavy atom. The van der Waals surface area contributed by atoms with Crippen molar-refractivity contribution in [1.82, 2.24) is 4.98 Å². The lowest BCUT2D eigenvalue weighted by Crippen LogP contribution is -2.03. The van der Waals surface area contributed by atoms with Crippen molar-refractivity contribution in [2.45, 2.75) is 18.9 Å². The van der Waals surface area contributed by atoms with E-state index in [0.717, 1.165) is 25.1 Å². The zero-order chi connectivity index (χ0) is 10.1. The summed E-state index contributed by atoms with van der Waals surface area (Å²) in [5, 5.41) is 10.5. The van der Waals surface area contributed by atoms with Gasteiger partial charge in [-0.1, -0.05) is 0 Å². The predicted octanol–water partition coefficient (Wildman–Crippen LogP) is 1.67. The van der Waals surface area contributed by atoms with Gasteiger partial charge in [-0.15, -0.1) is 0 Å². The fourth-order valence-electron chi connectivity index (χ4n) is 1.01. The maximum Gasteiger partial charge on any atom is 0.409 e. The van der Waals surface area contributed by atoms with Crippen molar-refractivity contribution in [2.75, 3.05) is 0 Å². The zero-order valence-electron chi connectivity index (χ0n) is 7.14. The van der Waals surface area contributed by atoms with E-state index in [1.165, 1.54) is 0 Å². The normalized spacial score (nSPS) is 15.2. The van der Waals surface area contributed by atoms with E-state index in [-0.39, 0.29) is 11.9 Å². The molecule has 1 aromatic rings. The van der Waals surface area contributed by atoms with Crippen molar-refractivity contribution < 1.29 is 14.1 Å². The Labute approximate surface area is 78.7 Å². The summed E-state index contributed by atoms with van der Waals surface area (Å²) < 4.78 is 18.2. The lowest BCUT2D eigenvalue weighted by molar-refractivity contribution is -0.390. The first kappa shape index (κ1) is 8.86. The van der Waals surface area contributed by atoms with Crippen LogP contribution in [0.15, 0.2) is 12.3 Å². The first-order valence-corrected chi connectivity index (χ1v) is 4.14. The van der Waals surface area contributed by atoms with Crippen LogP contribution in [-0.4, -0.2) is 16.0 Å². The highest BCUT2D eigenvalue weighted by atomic mass is 19.1. The number of nitro groups is 1. The Bertz CT molecular complexity index is 379. The summed E-state index contributed by atoms with van der Waals surface area (Å²) in [7, 11) is 0. The molecule has 0 saturated heterocycles. The van der Waals surface area contributed by atoms with E-state index in [0.29, 0.717) is 0 Å². The summed E-state index contributed by atoms with van der Waals surface area (Å²) in [4.78, 5) is 13.2. The number of pyridine rings is 1. The third kappa shape index (κ3) is 1.63. The fourth-order valence-corrected chi connectivity index (χ4v) is 1.01. The second-order valence-corrected chi connectivity index (χ2v) is 3.02. The van der Waals surface area contributed by atoms with Crippen molar-refractivity contribution in [3.05, 3.63) is 28.2 Å². The topological polar surface area (TPSA) is 65.3 Å². The predicted molar refractivity (Wildman–Crippen MR) is 44.5 cm³/mol. The molecule has 1 heterocycles. The Hall–Kier alpha value is -1.72. The molecular formula is C8H7FN2O3. The van der Waals surface area contributed by atoms with Gasteiger partial charge in [-0.3, -0.25) is 0 Å². The highest BCUT2D eigenvalue weighted by Gasteiger charge is 2.30. The number of ether oxygens (including phenoxy) is 1. The number of hydrogen-bond donors (Lipinski definition) is 0. The van der Waals surface area contributed by atoms with Crippen LogP contribution in [0.2, 0.25) is 0 Å². The van der Waals surface area contributed by atoms with Gasteiger partial charge in [-0.05, 0) is 22.7 Å². The van der Waals surface area contributed by atoms with Crippen LogP contribution in [-0.2, 0) is 0 Å². The Morgan fingerprint density at radius 1 is 1.64 bits per heavy atom. The molecule has 1 aliphatic carbocycles. The molecule has 0 N–H and O–H groups in total. The van der Waals surface area contributed by atoms with Crippen LogP contribution < -0.4 is 4.74 Å². The number of rotatable bonds is 3. The van der Waals surface area contributed by atoms with Crippen molar-refractivity contribution in [3.8, 4) is 5.75 Å². The molecule has 1 aliphatic rings. The summed E-state index contributed by atoms with van der Waals surface area (Å²) in [5.41, 5.74) is 0. The minimum absolute atomic E-state index is 0.0904. The standard InChI is InChI=1S/C8H7FN2O3/c9-6-3-4-10-8(11(12)13)7(6)14-5-1-2-5/h3-5H,1-2H2. The minimum Gasteiger partial charge on any atom is -0.480 e. The molecule has 1 saturated carbocycles. The van der Waals surface area contributed by atoms with Crippen LogP contribution in [0.25, 0.3) is 0 Å². The van der Waals surface area contributed by atoms with Gasteiger partial charge in [0.25, 0.3) is 5.75 Å². The summed E-state index contributed by atoms with van der Waals surface area (Å²) in [6, 6.07) is 1.05. The Balaban J connectivity index is 2.36. The molecule has 2 rings (SSSR count). The first-order valence-electron chi connectivity index (χ1n) is 4.14. The SMILES string of the molecule is O=[N+]([O-])c1nccc(F)c1OC1CC1. The Kier molecular flexibility index (Phi) is 2.03. The summed E-state index contributed by atoms with van der Waals surface area (Å²) >= 11 is 0. The lowest BCUT2D eigenvalue weighted by Gasteiger charge is -2.04. The van der Waals surface area contributed by atoms with E-state index in [9.17, 15) is 14.5 Å². The minimum atomic E-state index is -0.749. The van der Waals surface area contributed by atoms with Crippen LogP contribution in [0.1, 0.15) is 12.8 Å². The lowest BCUT2D eigenvalue weighted by atomic mass is 10.4. The molecule has 0 unspecified atom stereocenters. The third-order valence-electron chi connectivity index (χ3n) is 1.82. The van der Waals surface area contributed by atoms with Gasteiger partial charge in [0.05, 0.1) is 6.10 Å². The van der Waals surface area contributed by atoms with Crippen LogP contribution >= 0.6 is 0 Å². The molecule has 0 aliphatic heterocycles. The van der Waals surface area contributed by atoms with Crippen molar-refractivity contribution >= 4 is 5.82 Å². The van der Waals surface area contributed by atoms with Gasteiger partial charge < -0.3 is 14.9 Å². The third-order valence-corrected chi connectivity index (χ3v) is 1.82. The first-order chi connectivity index (χ1) is 6.68. The van der Waals surface area contributed by atoms with Crippen molar-refractivity contribution in [2.24, 2.45) is 0 Å². The van der Waals surface area contributed by atoms with E-state index in [2.05, 4.69) is 4.98 Å². The molecular weight excluding hydrogens is 191 g/mol. The molecule has 0 aromatic carbocycles. The average molecular weight is 198 g/mol. The zero-order valence-corrected chi connectivity index (χ0v) is 7.14. The molecule has 14 heavy (non-hydrogen) atoms. The molecule has 0 bridgehead atoms. The van der Waals surface area contributed by atoms with Crippen molar-refractivity contribution in [1.29, 1.82) is 0 Å². The van der Waals surface area contributed by atoms with Crippen LogP contribution in [0.5, 0.6) is 5.75 Å². The van der Waals surface area contributed by atoms with E-state index in [1.807, 2.05) is 0 Å². The average Bonchev–Trinajstić information content (AvgIpc) is 2.91. The second-order valence-electron chi connectivity index (χ2n) is 3.02. The number of nitrogens with zero attached hydrogens (tertiary/aromatic N) is 2.